The van der Waals surface area contributed by atoms with Crippen LogP contribution in [0.1, 0.15) is 26.5 Å². The van der Waals surface area contributed by atoms with Crippen molar-refractivity contribution in [3.05, 3.63) is 58.7 Å². The second-order valence-corrected chi connectivity index (χ2v) is 9.81. The van der Waals surface area contributed by atoms with Gasteiger partial charge in [-0.15, -0.1) is 0 Å². The van der Waals surface area contributed by atoms with Crippen LogP contribution in [-0.2, 0) is 9.47 Å². The summed E-state index contributed by atoms with van der Waals surface area (Å²) < 4.78 is 15.2. The largest absolute Gasteiger partial charge is 0.382 e. The number of rotatable bonds is 6. The third kappa shape index (κ3) is 4.83. The van der Waals surface area contributed by atoms with Crippen LogP contribution in [0.15, 0.2) is 53.5 Å². The maximum Gasteiger partial charge on any atom is 0.160 e. The van der Waals surface area contributed by atoms with E-state index in [-0.39, 0.29) is 18.4 Å². The number of aliphatic hydroxyl groups is 1. The smallest absolute Gasteiger partial charge is 0.160 e. The molecule has 1 saturated heterocycles. The van der Waals surface area contributed by atoms with Crippen LogP contribution >= 0.6 is 27.5 Å². The molecular formula is C23H23BrClN5O3. The molecule has 3 unspecified atom stereocenters. The first-order valence-electron chi connectivity index (χ1n) is 10.6. The quantitative estimate of drug-likeness (QED) is 0.269. The minimum atomic E-state index is -1.29. The van der Waals surface area contributed by atoms with Gasteiger partial charge in [0.25, 0.3) is 0 Å². The molecule has 0 amide bonds. The Morgan fingerprint density at radius 3 is 2.94 bits per heavy atom. The van der Waals surface area contributed by atoms with E-state index in [9.17, 15) is 5.11 Å². The first kappa shape index (κ1) is 22.5. The van der Waals surface area contributed by atoms with Crippen molar-refractivity contribution in [2.45, 2.75) is 44.5 Å². The van der Waals surface area contributed by atoms with E-state index in [1.54, 1.807) is 20.0 Å². The van der Waals surface area contributed by atoms with E-state index in [0.717, 1.165) is 26.4 Å². The van der Waals surface area contributed by atoms with E-state index in [0.29, 0.717) is 23.8 Å². The van der Waals surface area contributed by atoms with Crippen molar-refractivity contribution >= 4 is 55.2 Å². The Labute approximate surface area is 204 Å². The molecule has 1 aromatic carbocycles. The summed E-state index contributed by atoms with van der Waals surface area (Å²) in [6.45, 7) is 3.74. The summed E-state index contributed by atoms with van der Waals surface area (Å²) in [6.07, 6.45) is 4.71. The standard InChI is InChI=1S/C23H23BrClN5O3/c1-23(2,31)33-18-9-20(30-6-5-16-21(25)28-12-29-22(16)30)32-19(18)11-26-15-4-3-13-7-14(24)10-27-17(13)8-15/h3-8,10,12,18-20,26,31H,9,11H2,1-2H3. The Morgan fingerprint density at radius 2 is 2.12 bits per heavy atom. The van der Waals surface area contributed by atoms with Crippen LogP contribution in [0.3, 0.4) is 0 Å². The van der Waals surface area contributed by atoms with E-state index < -0.39 is 5.79 Å². The minimum absolute atomic E-state index is 0.301. The summed E-state index contributed by atoms with van der Waals surface area (Å²) in [5.41, 5.74) is 2.52. The molecule has 10 heteroatoms. The lowest BCUT2D eigenvalue weighted by molar-refractivity contribution is -0.213. The molecule has 2 N–H and O–H groups in total. The summed E-state index contributed by atoms with van der Waals surface area (Å²) in [4.78, 5) is 12.9. The lowest BCUT2D eigenvalue weighted by Crippen LogP contribution is -2.38. The van der Waals surface area contributed by atoms with E-state index in [1.165, 1.54) is 6.33 Å². The summed E-state index contributed by atoms with van der Waals surface area (Å²) in [5.74, 6) is -1.29. The number of benzene rings is 1. The van der Waals surface area contributed by atoms with Gasteiger partial charge >= 0.3 is 0 Å². The van der Waals surface area contributed by atoms with Crippen molar-refractivity contribution in [1.82, 2.24) is 19.5 Å². The molecule has 0 saturated carbocycles. The fourth-order valence-electron chi connectivity index (χ4n) is 4.14. The second-order valence-electron chi connectivity index (χ2n) is 8.53. The third-order valence-electron chi connectivity index (χ3n) is 5.55. The molecule has 0 aliphatic carbocycles. The highest BCUT2D eigenvalue weighted by atomic mass is 79.9. The first-order valence-corrected chi connectivity index (χ1v) is 11.8. The van der Waals surface area contributed by atoms with Crippen LogP contribution in [0.2, 0.25) is 5.15 Å². The van der Waals surface area contributed by atoms with Gasteiger partial charge in [-0.1, -0.05) is 17.7 Å². The van der Waals surface area contributed by atoms with Crippen LogP contribution in [0.5, 0.6) is 0 Å². The number of nitrogens with one attached hydrogen (secondary N) is 1. The predicted octanol–water partition coefficient (Wildman–Crippen LogP) is 4.91. The molecule has 3 atom stereocenters. The highest BCUT2D eigenvalue weighted by Crippen LogP contribution is 2.35. The molecule has 5 rings (SSSR count). The molecule has 1 aliphatic heterocycles. The number of aromatic nitrogens is 4. The SMILES string of the molecule is CC(C)(O)OC1CC(n2ccc3c(Cl)ncnc32)OC1CNc1ccc2cc(Br)cnc2c1. The molecule has 0 radical (unpaired) electrons. The van der Waals surface area contributed by atoms with Crippen molar-refractivity contribution < 1.29 is 14.6 Å². The molecule has 4 aromatic rings. The number of ether oxygens (including phenoxy) is 2. The Kier molecular flexibility index (Phi) is 6.00. The molecule has 1 aliphatic rings. The van der Waals surface area contributed by atoms with E-state index >= 15 is 0 Å². The lowest BCUT2D eigenvalue weighted by Gasteiger charge is -2.26. The summed E-state index contributed by atoms with van der Waals surface area (Å²) in [5, 5.41) is 15.9. The minimum Gasteiger partial charge on any atom is -0.382 e. The van der Waals surface area contributed by atoms with Crippen LogP contribution in [0, 0.1) is 0 Å². The first-order chi connectivity index (χ1) is 15.8. The molecule has 4 heterocycles. The van der Waals surface area contributed by atoms with Gasteiger partial charge in [-0.2, -0.15) is 0 Å². The number of anilines is 1. The fourth-order valence-corrected chi connectivity index (χ4v) is 4.68. The normalized spacial score (nSPS) is 21.2. The number of hydrogen-bond acceptors (Lipinski definition) is 7. The Morgan fingerprint density at radius 1 is 1.27 bits per heavy atom. The summed E-state index contributed by atoms with van der Waals surface area (Å²) >= 11 is 9.66. The van der Waals surface area contributed by atoms with Crippen molar-refractivity contribution in [1.29, 1.82) is 0 Å². The van der Waals surface area contributed by atoms with Crippen molar-refractivity contribution in [2.24, 2.45) is 0 Å². The average Bonchev–Trinajstić information content (AvgIpc) is 3.36. The van der Waals surface area contributed by atoms with Gasteiger partial charge in [-0.3, -0.25) is 4.98 Å². The summed E-state index contributed by atoms with van der Waals surface area (Å²) in [6, 6.07) is 9.93. The zero-order chi connectivity index (χ0) is 23.2. The molecule has 8 nitrogen and oxygen atoms in total. The maximum absolute atomic E-state index is 10.3. The van der Waals surface area contributed by atoms with Crippen molar-refractivity contribution in [3.63, 3.8) is 0 Å². The number of hydrogen-bond donors (Lipinski definition) is 2. The Balaban J connectivity index is 1.36. The van der Waals surface area contributed by atoms with Gasteiger partial charge in [-0.25, -0.2) is 9.97 Å². The highest BCUT2D eigenvalue weighted by molar-refractivity contribution is 9.10. The monoisotopic (exact) mass is 531 g/mol. The van der Waals surface area contributed by atoms with E-state index in [4.69, 9.17) is 21.1 Å². The van der Waals surface area contributed by atoms with Gasteiger partial charge in [0.1, 0.15) is 29.5 Å². The summed E-state index contributed by atoms with van der Waals surface area (Å²) in [7, 11) is 0. The van der Waals surface area contributed by atoms with Crippen LogP contribution < -0.4 is 5.32 Å². The number of halogens is 2. The Bertz CT molecular complexity index is 1310. The van der Waals surface area contributed by atoms with Crippen molar-refractivity contribution in [2.75, 3.05) is 11.9 Å². The molecule has 172 valence electrons. The van der Waals surface area contributed by atoms with Gasteiger partial charge < -0.3 is 24.5 Å². The molecule has 3 aromatic heterocycles. The highest BCUT2D eigenvalue weighted by Gasteiger charge is 2.40. The Hall–Kier alpha value is -2.30. The van der Waals surface area contributed by atoms with Gasteiger partial charge in [-0.05, 0) is 54.0 Å². The zero-order valence-corrected chi connectivity index (χ0v) is 20.4. The van der Waals surface area contributed by atoms with Crippen LogP contribution in [0.4, 0.5) is 5.69 Å². The number of pyridine rings is 1. The second kappa shape index (κ2) is 8.81. The van der Waals surface area contributed by atoms with Gasteiger partial charge in [0.15, 0.2) is 5.79 Å². The van der Waals surface area contributed by atoms with Crippen molar-refractivity contribution in [3.8, 4) is 0 Å². The van der Waals surface area contributed by atoms with Gasteiger partial charge in [0.2, 0.25) is 0 Å². The van der Waals surface area contributed by atoms with Gasteiger partial charge in [0.05, 0.1) is 17.0 Å². The number of fused-ring (bicyclic) bond motifs is 2. The third-order valence-corrected chi connectivity index (χ3v) is 6.28. The zero-order valence-electron chi connectivity index (χ0n) is 18.1. The van der Waals surface area contributed by atoms with Crippen LogP contribution in [0.25, 0.3) is 21.9 Å². The number of nitrogens with zero attached hydrogens (tertiary/aromatic N) is 4. The van der Waals surface area contributed by atoms with Crippen LogP contribution in [-0.4, -0.2) is 49.2 Å². The molecule has 0 spiro atoms. The lowest BCUT2D eigenvalue weighted by atomic mass is 10.1. The fraction of sp³-hybridized carbons (Fsp3) is 0.348. The maximum atomic E-state index is 10.3. The average molecular weight is 533 g/mol. The van der Waals surface area contributed by atoms with Gasteiger partial charge in [0, 0.05) is 40.9 Å². The predicted molar refractivity (Wildman–Crippen MR) is 130 cm³/mol. The molecular weight excluding hydrogens is 510 g/mol. The topological polar surface area (TPSA) is 94.3 Å². The van der Waals surface area contributed by atoms with E-state index in [1.807, 2.05) is 41.1 Å². The van der Waals surface area contributed by atoms with E-state index in [2.05, 4.69) is 36.2 Å². The molecule has 33 heavy (non-hydrogen) atoms. The molecule has 0 bridgehead atoms. The molecule has 1 fully saturated rings.